The highest BCUT2D eigenvalue weighted by Gasteiger charge is 2.78. The Balaban J connectivity index is 1.74. The molecule has 2 bridgehead atoms. The summed E-state index contributed by atoms with van der Waals surface area (Å²) in [4.78, 5) is 82.4. The van der Waals surface area contributed by atoms with Crippen molar-refractivity contribution in [3.63, 3.8) is 0 Å². The fourth-order valence-corrected chi connectivity index (χ4v) is 9.57. The first-order valence-electron chi connectivity index (χ1n) is 19.8. The van der Waals surface area contributed by atoms with Crippen molar-refractivity contribution in [3.05, 3.63) is 47.0 Å². The first-order valence-corrected chi connectivity index (χ1v) is 19.8. The van der Waals surface area contributed by atoms with Crippen molar-refractivity contribution in [1.82, 2.24) is 5.32 Å². The van der Waals surface area contributed by atoms with Crippen LogP contribution in [0.2, 0.25) is 0 Å². The third kappa shape index (κ3) is 8.00. The number of Topliss-reactive ketones (excluding diaryl/α,β-unsaturated/α-hetero) is 1. The van der Waals surface area contributed by atoms with Gasteiger partial charge in [0.05, 0.1) is 35.6 Å². The Hall–Kier alpha value is -4.38. The summed E-state index contributed by atoms with van der Waals surface area (Å²) in [6.45, 7) is 17.9. The normalized spacial score (nSPS) is 33.6. The third-order valence-electron chi connectivity index (χ3n) is 12.6. The van der Waals surface area contributed by atoms with Gasteiger partial charge in [-0.15, -0.1) is 0 Å². The topological polar surface area (TPSA) is 231 Å². The molecule has 1 aromatic rings. The molecule has 0 aromatic heterocycles. The lowest BCUT2D eigenvalue weighted by Gasteiger charge is -2.67. The summed E-state index contributed by atoms with van der Waals surface area (Å²) in [5.74, 6) is -6.23. The average Bonchev–Trinajstić information content (AvgIpc) is 3.10. The zero-order chi connectivity index (χ0) is 44.4. The van der Waals surface area contributed by atoms with Gasteiger partial charge in [0.15, 0.2) is 23.6 Å². The maximum absolute atomic E-state index is 15.4. The molecule has 1 aromatic carbocycles. The molecular weight excluding hydrogens is 770 g/mol. The number of esters is 4. The Kier molecular flexibility index (Phi) is 12.1. The van der Waals surface area contributed by atoms with Crippen LogP contribution < -0.4 is 5.32 Å². The molecule has 2 saturated carbocycles. The van der Waals surface area contributed by atoms with E-state index in [2.05, 4.69) is 5.32 Å². The Morgan fingerprint density at radius 2 is 1.54 bits per heavy atom. The summed E-state index contributed by atoms with van der Waals surface area (Å²) >= 11 is 0. The van der Waals surface area contributed by atoms with Crippen LogP contribution in [0.3, 0.4) is 0 Å². The molecular formula is C43H59NO15. The molecule has 1 saturated heterocycles. The van der Waals surface area contributed by atoms with Crippen molar-refractivity contribution in [2.24, 2.45) is 22.2 Å². The quantitative estimate of drug-likeness (QED) is 0.167. The molecule has 59 heavy (non-hydrogen) atoms. The highest BCUT2D eigenvalue weighted by Crippen LogP contribution is 2.64. The van der Waals surface area contributed by atoms with Crippen molar-refractivity contribution < 1.29 is 72.5 Å². The van der Waals surface area contributed by atoms with Crippen molar-refractivity contribution in [3.8, 4) is 0 Å². The number of ketones is 1. The molecule has 1 heterocycles. The molecule has 0 radical (unpaired) electrons. The second-order valence-electron chi connectivity index (χ2n) is 19.1. The van der Waals surface area contributed by atoms with Crippen LogP contribution in [-0.2, 0) is 47.6 Å². The molecule has 3 aliphatic carbocycles. The number of fused-ring (bicyclic) bond motifs is 5. The highest BCUT2D eigenvalue weighted by atomic mass is 16.6. The van der Waals surface area contributed by atoms with E-state index in [0.717, 1.165) is 13.8 Å². The molecule has 326 valence electrons. The summed E-state index contributed by atoms with van der Waals surface area (Å²) in [6.07, 6.45) is -11.3. The summed E-state index contributed by atoms with van der Waals surface area (Å²) in [7, 11) is 0. The van der Waals surface area contributed by atoms with Crippen molar-refractivity contribution in [1.29, 1.82) is 0 Å². The van der Waals surface area contributed by atoms with Gasteiger partial charge in [-0.1, -0.05) is 52.8 Å². The Morgan fingerprint density at radius 1 is 0.932 bits per heavy atom. The van der Waals surface area contributed by atoms with Gasteiger partial charge in [-0.25, -0.2) is 14.4 Å². The first kappa shape index (κ1) is 45.7. The van der Waals surface area contributed by atoms with E-state index in [9.17, 15) is 39.3 Å². The van der Waals surface area contributed by atoms with E-state index in [-0.39, 0.29) is 29.7 Å². The number of rotatable bonds is 8. The number of carbonyl (C=O) groups is 6. The van der Waals surface area contributed by atoms with Crippen molar-refractivity contribution in [2.75, 3.05) is 6.61 Å². The molecule has 1 amide bonds. The largest absolute Gasteiger partial charge is 0.456 e. The van der Waals surface area contributed by atoms with E-state index in [1.54, 1.807) is 73.6 Å². The number of alkyl carbamates (subject to hydrolysis) is 1. The van der Waals surface area contributed by atoms with E-state index < -0.39 is 124 Å². The van der Waals surface area contributed by atoms with Gasteiger partial charge in [-0.2, -0.15) is 0 Å². The number of benzene rings is 1. The molecule has 3 fully saturated rings. The van der Waals surface area contributed by atoms with Crippen LogP contribution in [-0.4, -0.2) is 117 Å². The minimum atomic E-state index is -2.38. The number of nitrogens with one attached hydrogen (secondary N) is 1. The summed E-state index contributed by atoms with van der Waals surface area (Å²) in [5.41, 5.74) is -9.44. The van der Waals surface area contributed by atoms with Gasteiger partial charge in [0.2, 0.25) is 0 Å². The number of hydrogen-bond acceptors (Lipinski definition) is 15. The predicted octanol–water partition coefficient (Wildman–Crippen LogP) is 3.50. The zero-order valence-electron chi connectivity index (χ0n) is 35.9. The van der Waals surface area contributed by atoms with Gasteiger partial charge >= 0.3 is 30.0 Å². The van der Waals surface area contributed by atoms with E-state index >= 15 is 4.79 Å². The van der Waals surface area contributed by atoms with Crippen LogP contribution in [0, 0.1) is 22.2 Å². The van der Waals surface area contributed by atoms with E-state index in [0.29, 0.717) is 0 Å². The van der Waals surface area contributed by atoms with Crippen LogP contribution in [0.1, 0.15) is 106 Å². The molecule has 0 spiro atoms. The SMILES string of the molecule is CC(=O)O[C@H]1C(=O)[C@@]2(C)C(C(OC(=O)c3ccccc3)[C@]3(O)C[C@H](OC(=O)[C@H](O)[C@@H](NC(=O)OC(C)(C)C)C(C)(C)C)C(C)=C1C3(C)C)[C@]1(OC(C)=O)CO[C@@H]1C[C@@H]2O. The number of carbonyl (C=O) groups excluding carboxylic acids is 6. The maximum atomic E-state index is 15.4. The number of aliphatic hydroxyl groups is 3. The van der Waals surface area contributed by atoms with E-state index in [4.69, 9.17) is 28.4 Å². The van der Waals surface area contributed by atoms with Crippen LogP contribution >= 0.6 is 0 Å². The Bertz CT molecular complexity index is 1900. The molecule has 4 aliphatic rings. The lowest BCUT2D eigenvalue weighted by atomic mass is 9.44. The second-order valence-corrected chi connectivity index (χ2v) is 19.1. The fraction of sp³-hybridized carbons (Fsp3) is 0.674. The molecule has 16 nitrogen and oxygen atoms in total. The lowest BCUT2D eigenvalue weighted by Crippen LogP contribution is -2.82. The van der Waals surface area contributed by atoms with Gasteiger partial charge in [0.1, 0.15) is 29.5 Å². The van der Waals surface area contributed by atoms with Crippen LogP contribution in [0.25, 0.3) is 0 Å². The standard InChI is InChI=1S/C43H59NO15/c1-21-25(56-36(51)29(48)32(38(4,5)6)44-37(52)59-39(7,8)9)19-43(53)34(57-35(50)24-16-14-13-15-17-24)31-41(12,26(47)18-27-42(31,20-54-27)58-23(3)46)33(49)30(55-22(2)45)28(21)40(43,10)11/h13-17,25-27,29-32,34,47-48,53H,18-20H2,1-12H3,(H,44,52)/t25-,26-,27+,29+,30+,31?,32+,34?,41+,42-,43+/m0/s1. The minimum Gasteiger partial charge on any atom is -0.456 e. The maximum Gasteiger partial charge on any atom is 0.407 e. The molecule has 4 N–H and O–H groups in total. The molecule has 5 rings (SSSR count). The van der Waals surface area contributed by atoms with Gasteiger partial charge in [0, 0.05) is 32.1 Å². The number of aliphatic hydroxyl groups excluding tert-OH is 2. The average molecular weight is 830 g/mol. The molecule has 11 atom stereocenters. The van der Waals surface area contributed by atoms with Crippen molar-refractivity contribution >= 4 is 35.8 Å². The summed E-state index contributed by atoms with van der Waals surface area (Å²) in [6, 6.07) is 6.57. The van der Waals surface area contributed by atoms with Crippen molar-refractivity contribution in [2.45, 2.75) is 155 Å². The van der Waals surface area contributed by atoms with Gasteiger partial charge in [0.25, 0.3) is 0 Å². The zero-order valence-corrected chi connectivity index (χ0v) is 35.9. The molecule has 1 aliphatic heterocycles. The van der Waals surface area contributed by atoms with E-state index in [1.807, 2.05) is 0 Å². The lowest BCUT2D eigenvalue weighted by molar-refractivity contribution is -0.346. The first-order chi connectivity index (χ1) is 27.0. The number of ether oxygens (including phenoxy) is 6. The number of amides is 1. The minimum absolute atomic E-state index is 0.000791. The second kappa shape index (κ2) is 15.6. The Labute approximate surface area is 344 Å². The fourth-order valence-electron chi connectivity index (χ4n) is 9.57. The van der Waals surface area contributed by atoms with Crippen LogP contribution in [0.4, 0.5) is 4.79 Å². The molecule has 2 unspecified atom stereocenters. The summed E-state index contributed by atoms with van der Waals surface area (Å²) in [5, 5.41) is 39.7. The monoisotopic (exact) mass is 829 g/mol. The predicted molar refractivity (Wildman–Crippen MR) is 207 cm³/mol. The van der Waals surface area contributed by atoms with E-state index in [1.165, 1.54) is 26.0 Å². The third-order valence-corrected chi connectivity index (χ3v) is 12.6. The van der Waals surface area contributed by atoms with Crippen LogP contribution in [0.5, 0.6) is 0 Å². The smallest absolute Gasteiger partial charge is 0.407 e. The molecule has 16 heteroatoms. The van der Waals surface area contributed by atoms with Crippen LogP contribution in [0.15, 0.2) is 41.5 Å². The van der Waals surface area contributed by atoms with Gasteiger partial charge in [-0.05, 0) is 63.3 Å². The number of hydrogen-bond donors (Lipinski definition) is 4. The van der Waals surface area contributed by atoms with Gasteiger partial charge in [-0.3, -0.25) is 14.4 Å². The highest BCUT2D eigenvalue weighted by molar-refractivity contribution is 5.95. The Morgan fingerprint density at radius 3 is 2.05 bits per heavy atom. The summed E-state index contributed by atoms with van der Waals surface area (Å²) < 4.78 is 35.5. The van der Waals surface area contributed by atoms with Gasteiger partial charge < -0.3 is 49.1 Å².